The first-order valence-corrected chi connectivity index (χ1v) is 9.99. The van der Waals surface area contributed by atoms with Crippen LogP contribution in [0.2, 0.25) is 0 Å². The summed E-state index contributed by atoms with van der Waals surface area (Å²) in [5, 5.41) is 5.30. The van der Waals surface area contributed by atoms with E-state index in [1.807, 2.05) is 53.6 Å². The average molecular weight is 386 g/mol. The molecule has 1 saturated heterocycles. The van der Waals surface area contributed by atoms with Gasteiger partial charge in [-0.1, -0.05) is 41.6 Å². The monoisotopic (exact) mass is 386 g/mol. The van der Waals surface area contributed by atoms with E-state index < -0.39 is 0 Å². The van der Waals surface area contributed by atoms with E-state index in [9.17, 15) is 4.79 Å². The quantitative estimate of drug-likeness (QED) is 0.540. The molecule has 1 N–H and O–H groups in total. The number of likely N-dealkylation sites (tertiary alicyclic amines) is 1. The topological polar surface area (TPSA) is 75.0 Å². The first kappa shape index (κ1) is 17.7. The van der Waals surface area contributed by atoms with Crippen molar-refractivity contribution in [1.29, 1.82) is 0 Å². The Morgan fingerprint density at radius 1 is 1.14 bits per heavy atom. The number of carbonyl (C=O) groups excluding carboxylic acids is 1. The van der Waals surface area contributed by atoms with E-state index in [4.69, 9.17) is 4.52 Å². The molecular weight excluding hydrogens is 364 g/mol. The minimum atomic E-state index is -0.00839. The van der Waals surface area contributed by atoms with Gasteiger partial charge in [0.25, 0.3) is 5.89 Å². The number of rotatable bonds is 6. The minimum absolute atomic E-state index is 0.00839. The molecule has 6 nitrogen and oxygen atoms in total. The van der Waals surface area contributed by atoms with Crippen molar-refractivity contribution in [2.45, 2.75) is 25.2 Å². The lowest BCUT2D eigenvalue weighted by Gasteiger charge is -2.15. The standard InChI is InChI=1S/C23H22N4O2/c28-21-14-19(15-27(21)12-4-7-16-5-2-1-3-6-16)22-25-23(29-26-22)18-9-8-17-10-11-24-20(17)13-18/h1-3,5-6,8-11,13,19,24H,4,7,12,14-15H2. The zero-order valence-corrected chi connectivity index (χ0v) is 16.0. The van der Waals surface area contributed by atoms with E-state index in [1.165, 1.54) is 5.56 Å². The highest BCUT2D eigenvalue weighted by atomic mass is 16.5. The second kappa shape index (κ2) is 7.54. The second-order valence-corrected chi connectivity index (χ2v) is 7.57. The van der Waals surface area contributed by atoms with Crippen LogP contribution in [0.1, 0.15) is 30.1 Å². The molecule has 2 aromatic carbocycles. The number of aromatic nitrogens is 3. The van der Waals surface area contributed by atoms with Gasteiger partial charge in [0.2, 0.25) is 5.91 Å². The van der Waals surface area contributed by atoms with Crippen LogP contribution in [0, 0.1) is 0 Å². The summed E-state index contributed by atoms with van der Waals surface area (Å²) in [6, 6.07) is 18.4. The van der Waals surface area contributed by atoms with Crippen molar-refractivity contribution >= 4 is 16.8 Å². The molecule has 1 fully saturated rings. The zero-order chi connectivity index (χ0) is 19.6. The Kier molecular flexibility index (Phi) is 4.60. The van der Waals surface area contributed by atoms with Crippen molar-refractivity contribution in [3.05, 3.63) is 72.2 Å². The highest BCUT2D eigenvalue weighted by molar-refractivity contribution is 5.83. The maximum Gasteiger partial charge on any atom is 0.258 e. The molecule has 1 amide bonds. The van der Waals surface area contributed by atoms with Gasteiger partial charge in [-0.05, 0) is 42.0 Å². The molecule has 5 rings (SSSR count). The molecule has 3 heterocycles. The van der Waals surface area contributed by atoms with Crippen LogP contribution in [0.5, 0.6) is 0 Å². The number of hydrogen-bond donors (Lipinski definition) is 1. The van der Waals surface area contributed by atoms with Gasteiger partial charge in [0.05, 0.1) is 0 Å². The number of aryl methyl sites for hydroxylation is 1. The van der Waals surface area contributed by atoms with Gasteiger partial charge < -0.3 is 14.4 Å². The number of fused-ring (bicyclic) bond motifs is 1. The van der Waals surface area contributed by atoms with E-state index >= 15 is 0 Å². The molecular formula is C23H22N4O2. The lowest BCUT2D eigenvalue weighted by molar-refractivity contribution is -0.127. The van der Waals surface area contributed by atoms with Crippen molar-refractivity contribution in [3.63, 3.8) is 0 Å². The molecule has 0 aliphatic carbocycles. The van der Waals surface area contributed by atoms with E-state index in [-0.39, 0.29) is 11.8 Å². The molecule has 0 bridgehead atoms. The van der Waals surface area contributed by atoms with Crippen molar-refractivity contribution < 1.29 is 9.32 Å². The summed E-state index contributed by atoms with van der Waals surface area (Å²) in [7, 11) is 0. The SMILES string of the molecule is O=C1CC(c2noc(-c3ccc4cc[nH]c4c3)n2)CN1CCCc1ccccc1. The maximum atomic E-state index is 12.4. The molecule has 1 aliphatic rings. The Labute approximate surface area is 168 Å². The molecule has 0 radical (unpaired) electrons. The van der Waals surface area contributed by atoms with Crippen LogP contribution in [-0.4, -0.2) is 39.0 Å². The highest BCUT2D eigenvalue weighted by Crippen LogP contribution is 2.29. The summed E-state index contributed by atoms with van der Waals surface area (Å²) >= 11 is 0. The van der Waals surface area contributed by atoms with Gasteiger partial charge in [-0.25, -0.2) is 0 Å². The summed E-state index contributed by atoms with van der Waals surface area (Å²) < 4.78 is 5.49. The van der Waals surface area contributed by atoms with Crippen molar-refractivity contribution in [3.8, 4) is 11.5 Å². The largest absolute Gasteiger partial charge is 0.361 e. The number of H-pyrrole nitrogens is 1. The third-order valence-corrected chi connectivity index (χ3v) is 5.56. The van der Waals surface area contributed by atoms with Crippen molar-refractivity contribution in [2.24, 2.45) is 0 Å². The van der Waals surface area contributed by atoms with E-state index in [0.717, 1.165) is 35.9 Å². The van der Waals surface area contributed by atoms with Gasteiger partial charge >= 0.3 is 0 Å². The Balaban J connectivity index is 1.23. The Hall–Kier alpha value is -3.41. The Morgan fingerprint density at radius 2 is 2.03 bits per heavy atom. The van der Waals surface area contributed by atoms with Crippen LogP contribution in [0.25, 0.3) is 22.4 Å². The third kappa shape index (κ3) is 3.66. The lowest BCUT2D eigenvalue weighted by Crippen LogP contribution is -2.26. The van der Waals surface area contributed by atoms with Gasteiger partial charge in [-0.3, -0.25) is 4.79 Å². The number of benzene rings is 2. The maximum absolute atomic E-state index is 12.4. The number of amides is 1. The predicted octanol–water partition coefficient (Wildman–Crippen LogP) is 4.17. The Morgan fingerprint density at radius 3 is 2.93 bits per heavy atom. The fourth-order valence-electron chi connectivity index (χ4n) is 3.98. The van der Waals surface area contributed by atoms with E-state index in [0.29, 0.717) is 24.7 Å². The first-order valence-electron chi connectivity index (χ1n) is 9.99. The van der Waals surface area contributed by atoms with Crippen molar-refractivity contribution in [2.75, 3.05) is 13.1 Å². The number of hydrogen-bond acceptors (Lipinski definition) is 4. The first-order chi connectivity index (χ1) is 14.3. The number of carbonyl (C=O) groups is 1. The molecule has 146 valence electrons. The van der Waals surface area contributed by atoms with E-state index in [1.54, 1.807) is 0 Å². The van der Waals surface area contributed by atoms with Crippen LogP contribution < -0.4 is 0 Å². The van der Waals surface area contributed by atoms with Crippen LogP contribution in [0.3, 0.4) is 0 Å². The molecule has 1 aliphatic heterocycles. The highest BCUT2D eigenvalue weighted by Gasteiger charge is 2.33. The molecule has 1 unspecified atom stereocenters. The fraction of sp³-hybridized carbons (Fsp3) is 0.261. The second-order valence-electron chi connectivity index (χ2n) is 7.57. The molecule has 29 heavy (non-hydrogen) atoms. The molecule has 6 heteroatoms. The third-order valence-electron chi connectivity index (χ3n) is 5.56. The van der Waals surface area contributed by atoms with Gasteiger partial charge in [0.15, 0.2) is 5.82 Å². The van der Waals surface area contributed by atoms with Gasteiger partial charge in [-0.15, -0.1) is 0 Å². The summed E-state index contributed by atoms with van der Waals surface area (Å²) in [6.45, 7) is 1.42. The van der Waals surface area contributed by atoms with Crippen LogP contribution in [0.4, 0.5) is 0 Å². The number of aromatic amines is 1. The number of nitrogens with zero attached hydrogens (tertiary/aromatic N) is 3. The van der Waals surface area contributed by atoms with Crippen LogP contribution in [-0.2, 0) is 11.2 Å². The smallest absolute Gasteiger partial charge is 0.258 e. The van der Waals surface area contributed by atoms with Crippen LogP contribution >= 0.6 is 0 Å². The van der Waals surface area contributed by atoms with Gasteiger partial charge in [0, 0.05) is 42.7 Å². The number of nitrogens with one attached hydrogen (secondary N) is 1. The molecule has 1 atom stereocenters. The normalized spacial score (nSPS) is 16.8. The summed E-state index contributed by atoms with van der Waals surface area (Å²) in [6.07, 6.45) is 4.28. The van der Waals surface area contributed by atoms with Crippen molar-refractivity contribution in [1.82, 2.24) is 20.0 Å². The van der Waals surface area contributed by atoms with Gasteiger partial charge in [-0.2, -0.15) is 4.98 Å². The lowest BCUT2D eigenvalue weighted by atomic mass is 10.1. The minimum Gasteiger partial charge on any atom is -0.361 e. The average Bonchev–Trinajstić information content (AvgIpc) is 3.48. The summed E-state index contributed by atoms with van der Waals surface area (Å²) in [5.74, 6) is 1.27. The van der Waals surface area contributed by atoms with E-state index in [2.05, 4.69) is 27.3 Å². The zero-order valence-electron chi connectivity index (χ0n) is 16.0. The molecule has 4 aromatic rings. The molecule has 0 saturated carbocycles. The predicted molar refractivity (Wildman–Crippen MR) is 110 cm³/mol. The Bertz CT molecular complexity index is 1130. The fourth-order valence-corrected chi connectivity index (χ4v) is 3.98. The summed E-state index contributed by atoms with van der Waals surface area (Å²) in [5.41, 5.74) is 3.21. The van der Waals surface area contributed by atoms with Gasteiger partial charge in [0.1, 0.15) is 0 Å². The molecule has 0 spiro atoms. The van der Waals surface area contributed by atoms with Crippen LogP contribution in [0.15, 0.2) is 65.3 Å². The molecule has 2 aromatic heterocycles. The summed E-state index contributed by atoms with van der Waals surface area (Å²) in [4.78, 5) is 22.1.